The van der Waals surface area contributed by atoms with Crippen LogP contribution in [0.25, 0.3) is 0 Å². The van der Waals surface area contributed by atoms with Gasteiger partial charge in [0.2, 0.25) is 17.7 Å². The van der Waals surface area contributed by atoms with E-state index in [0.29, 0.717) is 11.6 Å². The van der Waals surface area contributed by atoms with Crippen molar-refractivity contribution in [2.75, 3.05) is 11.9 Å². The molecule has 1 aromatic carbocycles. The summed E-state index contributed by atoms with van der Waals surface area (Å²) in [5.41, 5.74) is 1.46. The molecule has 0 aliphatic carbocycles. The molecular weight excluding hydrogens is 424 g/mol. The molecule has 2 rings (SSSR count). The second-order valence-corrected chi connectivity index (χ2v) is 7.70. The lowest BCUT2D eigenvalue weighted by molar-refractivity contribution is -0.141. The Morgan fingerprint density at radius 3 is 2.03 bits per heavy atom. The van der Waals surface area contributed by atoms with Gasteiger partial charge in [-0.15, -0.1) is 11.6 Å². The topological polar surface area (TPSA) is 125 Å². The number of hydrogen-bond donors (Lipinski definition) is 3. The highest BCUT2D eigenvalue weighted by molar-refractivity contribution is 6.17. The average Bonchev–Trinajstić information content (AvgIpc) is 3.04. The van der Waals surface area contributed by atoms with E-state index in [1.54, 1.807) is 38.1 Å². The number of imide groups is 1. The van der Waals surface area contributed by atoms with E-state index in [1.165, 1.54) is 6.92 Å². The maximum atomic E-state index is 12.7. The Bertz CT molecular complexity index is 880. The van der Waals surface area contributed by atoms with Crippen LogP contribution in [0.3, 0.4) is 0 Å². The lowest BCUT2D eigenvalue weighted by Crippen LogP contribution is -2.55. The van der Waals surface area contributed by atoms with Crippen LogP contribution in [0.5, 0.6) is 0 Å². The zero-order valence-corrected chi connectivity index (χ0v) is 18.2. The van der Waals surface area contributed by atoms with Gasteiger partial charge in [0.25, 0.3) is 11.8 Å². The van der Waals surface area contributed by atoms with Crippen LogP contribution in [-0.2, 0) is 29.9 Å². The molecule has 31 heavy (non-hydrogen) atoms. The summed E-state index contributed by atoms with van der Waals surface area (Å²) in [6.45, 7) is 4.48. The average molecular weight is 449 g/mol. The number of hydrogen-bond acceptors (Lipinski definition) is 5. The molecular formula is C21H25ClN4O5. The fraction of sp³-hybridized carbons (Fsp3) is 0.381. The number of carbonyl (C=O) groups excluding carboxylic acids is 5. The molecule has 0 bridgehead atoms. The number of amides is 5. The van der Waals surface area contributed by atoms with Crippen LogP contribution in [-0.4, -0.2) is 53.1 Å². The molecule has 0 saturated carbocycles. The summed E-state index contributed by atoms with van der Waals surface area (Å²) in [5.74, 6) is -2.76. The molecule has 1 aliphatic heterocycles. The quantitative estimate of drug-likeness (QED) is 0.383. The SMILES string of the molecule is CC(C)[C@H](NC(=O)CN1C(=O)C=CC1=O)C(=O)N[C@@H](C)C(=O)Nc1ccc(CCl)cc1. The van der Waals surface area contributed by atoms with Crippen molar-refractivity contribution in [2.24, 2.45) is 5.92 Å². The molecule has 3 N–H and O–H groups in total. The van der Waals surface area contributed by atoms with Crippen LogP contribution in [0.15, 0.2) is 36.4 Å². The third-order valence-corrected chi connectivity index (χ3v) is 4.90. The predicted octanol–water partition coefficient (Wildman–Crippen LogP) is 0.934. The van der Waals surface area contributed by atoms with Crippen molar-refractivity contribution < 1.29 is 24.0 Å². The van der Waals surface area contributed by atoms with Gasteiger partial charge in [0.1, 0.15) is 18.6 Å². The van der Waals surface area contributed by atoms with Gasteiger partial charge in [-0.2, -0.15) is 0 Å². The van der Waals surface area contributed by atoms with Gasteiger partial charge in [-0.25, -0.2) is 0 Å². The van der Waals surface area contributed by atoms with Gasteiger partial charge in [0.05, 0.1) is 0 Å². The van der Waals surface area contributed by atoms with E-state index < -0.39 is 48.2 Å². The number of benzene rings is 1. The van der Waals surface area contributed by atoms with E-state index in [0.717, 1.165) is 22.6 Å². The summed E-state index contributed by atoms with van der Waals surface area (Å²) in [7, 11) is 0. The molecule has 0 radical (unpaired) electrons. The van der Waals surface area contributed by atoms with E-state index in [2.05, 4.69) is 16.0 Å². The van der Waals surface area contributed by atoms with Gasteiger partial charge in [-0.05, 0) is 30.5 Å². The second-order valence-electron chi connectivity index (χ2n) is 7.44. The molecule has 0 aromatic heterocycles. The number of carbonyl (C=O) groups is 5. The number of anilines is 1. The Balaban J connectivity index is 1.92. The monoisotopic (exact) mass is 448 g/mol. The van der Waals surface area contributed by atoms with E-state index in [1.807, 2.05) is 0 Å². The molecule has 0 unspecified atom stereocenters. The second kappa shape index (κ2) is 10.7. The fourth-order valence-electron chi connectivity index (χ4n) is 2.78. The Hall–Kier alpha value is -3.20. The fourth-order valence-corrected chi connectivity index (χ4v) is 2.96. The van der Waals surface area contributed by atoms with Crippen LogP contribution in [0, 0.1) is 5.92 Å². The minimum absolute atomic E-state index is 0.301. The molecule has 0 spiro atoms. The zero-order valence-electron chi connectivity index (χ0n) is 17.5. The van der Waals surface area contributed by atoms with Crippen molar-refractivity contribution in [1.82, 2.24) is 15.5 Å². The highest BCUT2D eigenvalue weighted by atomic mass is 35.5. The van der Waals surface area contributed by atoms with E-state index in [9.17, 15) is 24.0 Å². The van der Waals surface area contributed by atoms with Crippen molar-refractivity contribution in [3.63, 3.8) is 0 Å². The van der Waals surface area contributed by atoms with Crippen molar-refractivity contribution in [3.8, 4) is 0 Å². The maximum absolute atomic E-state index is 12.7. The van der Waals surface area contributed by atoms with Crippen molar-refractivity contribution >= 4 is 46.8 Å². The van der Waals surface area contributed by atoms with Gasteiger partial charge in [0, 0.05) is 23.7 Å². The Kier molecular flexibility index (Phi) is 8.32. The normalized spacial score (nSPS) is 15.1. The largest absolute Gasteiger partial charge is 0.343 e. The smallest absolute Gasteiger partial charge is 0.254 e. The minimum Gasteiger partial charge on any atom is -0.343 e. The molecule has 10 heteroatoms. The highest BCUT2D eigenvalue weighted by Gasteiger charge is 2.30. The molecule has 9 nitrogen and oxygen atoms in total. The summed E-state index contributed by atoms with van der Waals surface area (Å²) in [6.07, 6.45) is 2.15. The van der Waals surface area contributed by atoms with Crippen LogP contribution in [0.1, 0.15) is 26.3 Å². The van der Waals surface area contributed by atoms with Crippen LogP contribution < -0.4 is 16.0 Å². The van der Waals surface area contributed by atoms with Gasteiger partial charge >= 0.3 is 0 Å². The Labute approximate surface area is 185 Å². The van der Waals surface area contributed by atoms with E-state index in [4.69, 9.17) is 11.6 Å². The third-order valence-electron chi connectivity index (χ3n) is 4.60. The lowest BCUT2D eigenvalue weighted by atomic mass is 10.0. The van der Waals surface area contributed by atoms with Crippen molar-refractivity contribution in [1.29, 1.82) is 0 Å². The standard InChI is InChI=1S/C21H25ClN4O5/c1-12(2)19(25-16(27)11-26-17(28)8-9-18(26)29)21(31)23-13(3)20(30)24-15-6-4-14(10-22)5-7-15/h4-9,12-13,19H,10-11H2,1-3H3,(H,23,31)(H,24,30)(H,25,27)/t13-,19-/m0/s1. The Morgan fingerprint density at radius 2 is 1.52 bits per heavy atom. The minimum atomic E-state index is -0.952. The summed E-state index contributed by atoms with van der Waals surface area (Å²) in [5, 5.41) is 7.79. The lowest BCUT2D eigenvalue weighted by Gasteiger charge is -2.24. The molecule has 2 atom stereocenters. The maximum Gasteiger partial charge on any atom is 0.254 e. The number of nitrogens with one attached hydrogen (secondary N) is 3. The molecule has 166 valence electrons. The van der Waals surface area contributed by atoms with E-state index in [-0.39, 0.29) is 5.92 Å². The van der Waals surface area contributed by atoms with Gasteiger partial charge in [0.15, 0.2) is 0 Å². The first-order valence-electron chi connectivity index (χ1n) is 9.71. The molecule has 5 amide bonds. The predicted molar refractivity (Wildman–Crippen MR) is 115 cm³/mol. The van der Waals surface area contributed by atoms with Crippen molar-refractivity contribution in [3.05, 3.63) is 42.0 Å². The summed E-state index contributed by atoms with van der Waals surface area (Å²) < 4.78 is 0. The third kappa shape index (κ3) is 6.65. The molecule has 1 heterocycles. The number of rotatable bonds is 9. The first-order chi connectivity index (χ1) is 14.6. The van der Waals surface area contributed by atoms with Crippen LogP contribution in [0.4, 0.5) is 5.69 Å². The first kappa shape index (κ1) is 24.1. The van der Waals surface area contributed by atoms with Crippen LogP contribution in [0.2, 0.25) is 0 Å². The number of nitrogens with zero attached hydrogens (tertiary/aromatic N) is 1. The van der Waals surface area contributed by atoms with Gasteiger partial charge < -0.3 is 16.0 Å². The summed E-state index contributed by atoms with van der Waals surface area (Å²) in [6, 6.07) is 5.15. The van der Waals surface area contributed by atoms with Gasteiger partial charge in [-0.3, -0.25) is 28.9 Å². The number of halogens is 1. The highest BCUT2D eigenvalue weighted by Crippen LogP contribution is 2.12. The molecule has 1 aromatic rings. The first-order valence-corrected chi connectivity index (χ1v) is 10.2. The van der Waals surface area contributed by atoms with Gasteiger partial charge in [-0.1, -0.05) is 26.0 Å². The summed E-state index contributed by atoms with van der Waals surface area (Å²) >= 11 is 5.74. The zero-order chi connectivity index (χ0) is 23.1. The van der Waals surface area contributed by atoms with Crippen molar-refractivity contribution in [2.45, 2.75) is 38.7 Å². The number of alkyl halides is 1. The van der Waals surface area contributed by atoms with E-state index >= 15 is 0 Å². The Morgan fingerprint density at radius 1 is 0.935 bits per heavy atom. The molecule has 0 fully saturated rings. The van der Waals surface area contributed by atoms with Crippen LogP contribution >= 0.6 is 11.6 Å². The molecule has 1 aliphatic rings. The molecule has 0 saturated heterocycles. The summed E-state index contributed by atoms with van der Waals surface area (Å²) in [4.78, 5) is 61.3.